The Morgan fingerprint density at radius 3 is 2.75 bits per heavy atom. The summed E-state index contributed by atoms with van der Waals surface area (Å²) < 4.78 is 0. The van der Waals surface area contributed by atoms with Gasteiger partial charge in [-0.15, -0.1) is 0 Å². The average molecular weight is 277 g/mol. The molecule has 1 aliphatic rings. The van der Waals surface area contributed by atoms with Crippen LogP contribution < -0.4 is 10.6 Å². The summed E-state index contributed by atoms with van der Waals surface area (Å²) in [4.78, 5) is 13.1. The number of hydrogen-bond acceptors (Lipinski definition) is 4. The second kappa shape index (κ2) is 6.22. The second-order valence-electron chi connectivity index (χ2n) is 5.66. The van der Waals surface area contributed by atoms with Crippen LogP contribution in [0.1, 0.15) is 31.2 Å². The van der Waals surface area contributed by atoms with E-state index in [0.717, 1.165) is 24.1 Å². The van der Waals surface area contributed by atoms with Crippen molar-refractivity contribution in [3.8, 4) is 0 Å². The molecular weight excluding hydrogens is 254 g/mol. The van der Waals surface area contributed by atoms with E-state index >= 15 is 0 Å². The number of para-hydroxylation sites is 1. The van der Waals surface area contributed by atoms with Crippen LogP contribution in [0.4, 0.5) is 11.4 Å². The van der Waals surface area contributed by atoms with Crippen LogP contribution in [-0.2, 0) is 0 Å². The Balaban J connectivity index is 2.37. The van der Waals surface area contributed by atoms with E-state index in [4.69, 9.17) is 5.73 Å². The minimum absolute atomic E-state index is 0.189. The minimum Gasteiger partial charge on any atom is -0.366 e. The van der Waals surface area contributed by atoms with Gasteiger partial charge in [-0.05, 0) is 37.8 Å². The lowest BCUT2D eigenvalue weighted by Crippen LogP contribution is -2.43. The summed E-state index contributed by atoms with van der Waals surface area (Å²) in [6.07, 6.45) is 4.56. The van der Waals surface area contributed by atoms with E-state index in [1.165, 1.54) is 12.8 Å². The van der Waals surface area contributed by atoms with Gasteiger partial charge in [0.2, 0.25) is 0 Å². The molecule has 20 heavy (non-hydrogen) atoms. The van der Waals surface area contributed by atoms with E-state index in [1.807, 2.05) is 20.0 Å². The van der Waals surface area contributed by atoms with Crippen LogP contribution in [0, 0.1) is 23.0 Å². The molecule has 0 heterocycles. The van der Waals surface area contributed by atoms with Gasteiger partial charge in [-0.2, -0.15) is 0 Å². The number of nitro groups is 1. The molecule has 1 aromatic carbocycles. The monoisotopic (exact) mass is 277 g/mol. The number of hydrogen-bond donors (Lipinski definition) is 1. The Kier molecular flexibility index (Phi) is 4.60. The zero-order valence-electron chi connectivity index (χ0n) is 12.2. The van der Waals surface area contributed by atoms with E-state index in [-0.39, 0.29) is 10.6 Å². The van der Waals surface area contributed by atoms with E-state index in [0.29, 0.717) is 18.5 Å². The molecule has 2 atom stereocenters. The maximum Gasteiger partial charge on any atom is 0.292 e. The van der Waals surface area contributed by atoms with Gasteiger partial charge in [-0.3, -0.25) is 10.1 Å². The predicted octanol–water partition coefficient (Wildman–Crippen LogP) is 2.86. The highest BCUT2D eigenvalue weighted by atomic mass is 16.6. The molecule has 5 heteroatoms. The SMILES string of the molecule is Cc1cccc([N+](=O)[O-])c1N(C)C1CCCCC1CN. The lowest BCUT2D eigenvalue weighted by molar-refractivity contribution is -0.384. The Morgan fingerprint density at radius 1 is 1.40 bits per heavy atom. The molecule has 2 unspecified atom stereocenters. The fourth-order valence-electron chi connectivity index (χ4n) is 3.39. The van der Waals surface area contributed by atoms with Crippen molar-refractivity contribution in [2.75, 3.05) is 18.5 Å². The summed E-state index contributed by atoms with van der Waals surface area (Å²) in [5.74, 6) is 0.424. The van der Waals surface area contributed by atoms with Gasteiger partial charge in [0.05, 0.1) is 4.92 Å². The number of aryl methyl sites for hydroxylation is 1. The molecule has 2 rings (SSSR count). The Hall–Kier alpha value is -1.62. The summed E-state index contributed by atoms with van der Waals surface area (Å²) in [6, 6.07) is 5.55. The maximum atomic E-state index is 11.3. The summed E-state index contributed by atoms with van der Waals surface area (Å²) in [6.45, 7) is 2.58. The van der Waals surface area contributed by atoms with E-state index in [9.17, 15) is 10.1 Å². The van der Waals surface area contributed by atoms with Crippen molar-refractivity contribution >= 4 is 11.4 Å². The fraction of sp³-hybridized carbons (Fsp3) is 0.600. The highest BCUT2D eigenvalue weighted by molar-refractivity contribution is 5.67. The third kappa shape index (κ3) is 2.77. The first-order valence-corrected chi connectivity index (χ1v) is 7.23. The normalized spacial score (nSPS) is 22.6. The summed E-state index contributed by atoms with van der Waals surface area (Å²) in [5.41, 5.74) is 7.76. The molecule has 0 saturated heterocycles. The molecule has 1 saturated carbocycles. The van der Waals surface area contributed by atoms with Crippen LogP contribution in [0.25, 0.3) is 0 Å². The van der Waals surface area contributed by atoms with Gasteiger partial charge in [-0.1, -0.05) is 25.0 Å². The number of nitro benzene ring substituents is 1. The fourth-order valence-corrected chi connectivity index (χ4v) is 3.39. The number of rotatable bonds is 4. The van der Waals surface area contributed by atoms with E-state index in [1.54, 1.807) is 12.1 Å². The summed E-state index contributed by atoms with van der Waals surface area (Å²) in [7, 11) is 1.97. The summed E-state index contributed by atoms with van der Waals surface area (Å²) in [5, 5.41) is 11.3. The molecule has 0 bridgehead atoms. The van der Waals surface area contributed by atoms with Crippen LogP contribution in [-0.4, -0.2) is 24.6 Å². The molecule has 0 aliphatic heterocycles. The lowest BCUT2D eigenvalue weighted by Gasteiger charge is -2.39. The standard InChI is InChI=1S/C15H23N3O2/c1-11-6-5-9-14(18(19)20)15(11)17(2)13-8-4-3-7-12(13)10-16/h5-6,9,12-13H,3-4,7-8,10,16H2,1-2H3. The van der Waals surface area contributed by atoms with Crippen molar-refractivity contribution in [1.29, 1.82) is 0 Å². The van der Waals surface area contributed by atoms with Gasteiger partial charge in [0, 0.05) is 19.2 Å². The van der Waals surface area contributed by atoms with E-state index in [2.05, 4.69) is 4.90 Å². The molecule has 0 spiro atoms. The van der Waals surface area contributed by atoms with Crippen LogP contribution in [0.2, 0.25) is 0 Å². The van der Waals surface area contributed by atoms with Crippen molar-refractivity contribution < 1.29 is 4.92 Å². The average Bonchev–Trinajstić information content (AvgIpc) is 2.46. The number of anilines is 1. The second-order valence-corrected chi connectivity index (χ2v) is 5.66. The first-order chi connectivity index (χ1) is 9.56. The van der Waals surface area contributed by atoms with Crippen LogP contribution >= 0.6 is 0 Å². The number of benzene rings is 1. The molecule has 1 fully saturated rings. The van der Waals surface area contributed by atoms with Crippen molar-refractivity contribution in [3.05, 3.63) is 33.9 Å². The first kappa shape index (κ1) is 14.8. The Labute approximate surface area is 119 Å². The molecule has 1 aliphatic carbocycles. The van der Waals surface area contributed by atoms with Gasteiger partial charge >= 0.3 is 0 Å². The molecule has 0 radical (unpaired) electrons. The smallest absolute Gasteiger partial charge is 0.292 e. The molecule has 2 N–H and O–H groups in total. The molecule has 110 valence electrons. The third-order valence-electron chi connectivity index (χ3n) is 4.44. The quantitative estimate of drug-likeness (QED) is 0.678. The molecule has 0 amide bonds. The van der Waals surface area contributed by atoms with E-state index < -0.39 is 0 Å². The highest BCUT2D eigenvalue weighted by Gasteiger charge is 2.31. The van der Waals surface area contributed by atoms with Crippen molar-refractivity contribution in [3.63, 3.8) is 0 Å². The zero-order chi connectivity index (χ0) is 14.7. The van der Waals surface area contributed by atoms with Gasteiger partial charge in [0.25, 0.3) is 5.69 Å². The van der Waals surface area contributed by atoms with Crippen LogP contribution in [0.5, 0.6) is 0 Å². The largest absolute Gasteiger partial charge is 0.366 e. The minimum atomic E-state index is -0.293. The highest BCUT2D eigenvalue weighted by Crippen LogP contribution is 2.36. The summed E-state index contributed by atoms with van der Waals surface area (Å²) >= 11 is 0. The van der Waals surface area contributed by atoms with Crippen molar-refractivity contribution in [2.24, 2.45) is 11.7 Å². The topological polar surface area (TPSA) is 72.4 Å². The van der Waals surface area contributed by atoms with Crippen molar-refractivity contribution in [2.45, 2.75) is 38.6 Å². The number of nitrogens with zero attached hydrogens (tertiary/aromatic N) is 2. The van der Waals surface area contributed by atoms with Gasteiger partial charge in [0.15, 0.2) is 0 Å². The molecule has 5 nitrogen and oxygen atoms in total. The Bertz CT molecular complexity index is 490. The first-order valence-electron chi connectivity index (χ1n) is 7.23. The Morgan fingerprint density at radius 2 is 2.10 bits per heavy atom. The molecule has 0 aromatic heterocycles. The third-order valence-corrected chi connectivity index (χ3v) is 4.44. The lowest BCUT2D eigenvalue weighted by atomic mass is 9.83. The van der Waals surface area contributed by atoms with Gasteiger partial charge in [-0.25, -0.2) is 0 Å². The predicted molar refractivity (Wildman–Crippen MR) is 81.0 cm³/mol. The van der Waals surface area contributed by atoms with Gasteiger partial charge in [0.1, 0.15) is 5.69 Å². The molecular formula is C15H23N3O2. The number of nitrogens with two attached hydrogens (primary N) is 1. The maximum absolute atomic E-state index is 11.3. The zero-order valence-corrected chi connectivity index (χ0v) is 12.2. The van der Waals surface area contributed by atoms with Crippen LogP contribution in [0.15, 0.2) is 18.2 Å². The van der Waals surface area contributed by atoms with Crippen molar-refractivity contribution in [1.82, 2.24) is 0 Å². The molecule has 1 aromatic rings. The van der Waals surface area contributed by atoms with Gasteiger partial charge < -0.3 is 10.6 Å². The van der Waals surface area contributed by atoms with Crippen LogP contribution in [0.3, 0.4) is 0 Å².